The Labute approximate surface area is 115 Å². The highest BCUT2D eigenvalue weighted by atomic mass is 15.1. The minimum atomic E-state index is 0.599. The van der Waals surface area contributed by atoms with Crippen LogP contribution in [0.1, 0.15) is 38.4 Å². The standard InChI is InChI=1S/C16H23N3/c1-12(13-7-3-4-8-13)17-11-16-18-14-9-5-6-10-15(14)19(16)2/h5-6,9-10,12-13,17H,3-4,7-8,11H2,1-2H3/t12-/m1/s1. The molecule has 3 nitrogen and oxygen atoms in total. The lowest BCUT2D eigenvalue weighted by atomic mass is 10.00. The molecular weight excluding hydrogens is 234 g/mol. The normalized spacial score (nSPS) is 18.2. The fourth-order valence-electron chi connectivity index (χ4n) is 3.23. The summed E-state index contributed by atoms with van der Waals surface area (Å²) in [5.74, 6) is 1.99. The van der Waals surface area contributed by atoms with Gasteiger partial charge in [-0.25, -0.2) is 4.98 Å². The van der Waals surface area contributed by atoms with Crippen LogP contribution in [0.2, 0.25) is 0 Å². The van der Waals surface area contributed by atoms with Crippen molar-refractivity contribution in [2.24, 2.45) is 13.0 Å². The average Bonchev–Trinajstić information content (AvgIpc) is 3.05. The number of nitrogens with one attached hydrogen (secondary N) is 1. The van der Waals surface area contributed by atoms with Gasteiger partial charge < -0.3 is 9.88 Å². The number of aryl methyl sites for hydroxylation is 1. The smallest absolute Gasteiger partial charge is 0.123 e. The summed E-state index contributed by atoms with van der Waals surface area (Å²) in [6.07, 6.45) is 5.58. The zero-order valence-electron chi connectivity index (χ0n) is 11.9. The summed E-state index contributed by atoms with van der Waals surface area (Å²) >= 11 is 0. The average molecular weight is 257 g/mol. The second-order valence-corrected chi connectivity index (χ2v) is 5.79. The molecule has 1 aliphatic rings. The number of hydrogen-bond acceptors (Lipinski definition) is 2. The van der Waals surface area contributed by atoms with Gasteiger partial charge in [0.15, 0.2) is 0 Å². The van der Waals surface area contributed by atoms with Crippen LogP contribution >= 0.6 is 0 Å². The number of hydrogen-bond donors (Lipinski definition) is 1. The van der Waals surface area contributed by atoms with E-state index in [1.165, 1.54) is 31.2 Å². The third-order valence-corrected chi connectivity index (χ3v) is 4.57. The third-order valence-electron chi connectivity index (χ3n) is 4.57. The van der Waals surface area contributed by atoms with Crippen molar-refractivity contribution in [2.75, 3.05) is 0 Å². The lowest BCUT2D eigenvalue weighted by Crippen LogP contribution is -2.32. The number of para-hydroxylation sites is 2. The maximum Gasteiger partial charge on any atom is 0.123 e. The Morgan fingerprint density at radius 2 is 2.05 bits per heavy atom. The van der Waals surface area contributed by atoms with E-state index in [1.807, 2.05) is 6.07 Å². The van der Waals surface area contributed by atoms with E-state index in [9.17, 15) is 0 Å². The first-order chi connectivity index (χ1) is 9.25. The molecule has 0 aliphatic heterocycles. The molecule has 1 fully saturated rings. The SMILES string of the molecule is C[C@@H](NCc1nc2ccccc2n1C)C1CCCC1. The lowest BCUT2D eigenvalue weighted by Gasteiger charge is -2.20. The molecule has 0 amide bonds. The van der Waals surface area contributed by atoms with Crippen molar-refractivity contribution < 1.29 is 0 Å². The molecule has 102 valence electrons. The predicted octanol–water partition coefficient (Wildman–Crippen LogP) is 3.24. The van der Waals surface area contributed by atoms with Gasteiger partial charge >= 0.3 is 0 Å². The van der Waals surface area contributed by atoms with Gasteiger partial charge in [0.25, 0.3) is 0 Å². The van der Waals surface area contributed by atoms with Crippen molar-refractivity contribution in [1.82, 2.24) is 14.9 Å². The van der Waals surface area contributed by atoms with Crippen LogP contribution in [-0.4, -0.2) is 15.6 Å². The molecule has 1 atom stereocenters. The van der Waals surface area contributed by atoms with Crippen molar-refractivity contribution in [3.63, 3.8) is 0 Å². The van der Waals surface area contributed by atoms with Gasteiger partial charge in [-0.15, -0.1) is 0 Å². The molecule has 1 aliphatic carbocycles. The highest BCUT2D eigenvalue weighted by molar-refractivity contribution is 5.75. The first-order valence-electron chi connectivity index (χ1n) is 7.39. The summed E-state index contributed by atoms with van der Waals surface area (Å²) in [6, 6.07) is 8.93. The molecule has 3 heteroatoms. The minimum absolute atomic E-state index is 0.599. The first kappa shape index (κ1) is 12.7. The summed E-state index contributed by atoms with van der Waals surface area (Å²) in [5.41, 5.74) is 2.31. The highest BCUT2D eigenvalue weighted by Gasteiger charge is 2.21. The summed E-state index contributed by atoms with van der Waals surface area (Å²) < 4.78 is 2.20. The van der Waals surface area contributed by atoms with Crippen molar-refractivity contribution in [3.8, 4) is 0 Å². The van der Waals surface area contributed by atoms with E-state index >= 15 is 0 Å². The van der Waals surface area contributed by atoms with Crippen LogP contribution in [0.3, 0.4) is 0 Å². The van der Waals surface area contributed by atoms with Gasteiger partial charge in [0.2, 0.25) is 0 Å². The molecule has 1 aromatic heterocycles. The van der Waals surface area contributed by atoms with E-state index in [0.717, 1.165) is 23.8 Å². The molecule has 1 N–H and O–H groups in total. The Morgan fingerprint density at radius 1 is 1.32 bits per heavy atom. The van der Waals surface area contributed by atoms with Crippen LogP contribution in [0.25, 0.3) is 11.0 Å². The molecule has 0 radical (unpaired) electrons. The van der Waals surface area contributed by atoms with Crippen LogP contribution in [0.4, 0.5) is 0 Å². The second-order valence-electron chi connectivity index (χ2n) is 5.79. The fourth-order valence-corrected chi connectivity index (χ4v) is 3.23. The van der Waals surface area contributed by atoms with E-state index in [2.05, 4.69) is 42.1 Å². The maximum atomic E-state index is 4.71. The fraction of sp³-hybridized carbons (Fsp3) is 0.562. The van der Waals surface area contributed by atoms with Gasteiger partial charge in [-0.2, -0.15) is 0 Å². The Balaban J connectivity index is 1.69. The van der Waals surface area contributed by atoms with Gasteiger partial charge in [-0.05, 0) is 37.8 Å². The van der Waals surface area contributed by atoms with Crippen molar-refractivity contribution >= 4 is 11.0 Å². The topological polar surface area (TPSA) is 29.9 Å². The molecule has 2 aromatic rings. The molecule has 0 unspecified atom stereocenters. The van der Waals surface area contributed by atoms with E-state index < -0.39 is 0 Å². The van der Waals surface area contributed by atoms with Gasteiger partial charge in [-0.3, -0.25) is 0 Å². The van der Waals surface area contributed by atoms with Crippen molar-refractivity contribution in [2.45, 2.75) is 45.2 Å². The molecule has 0 spiro atoms. The van der Waals surface area contributed by atoms with Crippen LogP contribution in [0, 0.1) is 5.92 Å². The van der Waals surface area contributed by atoms with Crippen LogP contribution in [-0.2, 0) is 13.6 Å². The van der Waals surface area contributed by atoms with E-state index in [1.54, 1.807) is 0 Å². The Morgan fingerprint density at radius 3 is 2.79 bits per heavy atom. The van der Waals surface area contributed by atoms with E-state index in [0.29, 0.717) is 6.04 Å². The van der Waals surface area contributed by atoms with E-state index in [4.69, 9.17) is 4.98 Å². The van der Waals surface area contributed by atoms with Crippen molar-refractivity contribution in [3.05, 3.63) is 30.1 Å². The number of benzene rings is 1. The number of fused-ring (bicyclic) bond motifs is 1. The van der Waals surface area contributed by atoms with Gasteiger partial charge in [0, 0.05) is 13.1 Å². The maximum absolute atomic E-state index is 4.71. The monoisotopic (exact) mass is 257 g/mol. The van der Waals surface area contributed by atoms with Crippen LogP contribution in [0.5, 0.6) is 0 Å². The molecule has 3 rings (SSSR count). The number of rotatable bonds is 4. The molecular formula is C16H23N3. The van der Waals surface area contributed by atoms with Gasteiger partial charge in [-0.1, -0.05) is 25.0 Å². The molecule has 19 heavy (non-hydrogen) atoms. The second kappa shape index (κ2) is 5.33. The third kappa shape index (κ3) is 2.52. The summed E-state index contributed by atoms with van der Waals surface area (Å²) in [7, 11) is 2.10. The van der Waals surface area contributed by atoms with Gasteiger partial charge in [0.05, 0.1) is 17.6 Å². The highest BCUT2D eigenvalue weighted by Crippen LogP contribution is 2.27. The van der Waals surface area contributed by atoms with Crippen LogP contribution in [0.15, 0.2) is 24.3 Å². The number of imidazole rings is 1. The summed E-state index contributed by atoms with van der Waals surface area (Å²) in [5, 5.41) is 3.66. The number of nitrogens with zero attached hydrogens (tertiary/aromatic N) is 2. The summed E-state index contributed by atoms with van der Waals surface area (Å²) in [4.78, 5) is 4.71. The zero-order chi connectivity index (χ0) is 13.2. The van der Waals surface area contributed by atoms with Crippen LogP contribution < -0.4 is 5.32 Å². The molecule has 1 saturated carbocycles. The predicted molar refractivity (Wildman–Crippen MR) is 79.0 cm³/mol. The Kier molecular flexibility index (Phi) is 3.56. The lowest BCUT2D eigenvalue weighted by molar-refractivity contribution is 0.376. The summed E-state index contributed by atoms with van der Waals surface area (Å²) in [6.45, 7) is 3.18. The van der Waals surface area contributed by atoms with E-state index in [-0.39, 0.29) is 0 Å². The van der Waals surface area contributed by atoms with Crippen molar-refractivity contribution in [1.29, 1.82) is 0 Å². The molecule has 0 bridgehead atoms. The molecule has 1 aromatic carbocycles. The minimum Gasteiger partial charge on any atom is -0.330 e. The largest absolute Gasteiger partial charge is 0.330 e. The van der Waals surface area contributed by atoms with Gasteiger partial charge in [0.1, 0.15) is 5.82 Å². The molecule has 0 saturated heterocycles. The number of aromatic nitrogens is 2. The quantitative estimate of drug-likeness (QED) is 0.911. The first-order valence-corrected chi connectivity index (χ1v) is 7.39. The zero-order valence-corrected chi connectivity index (χ0v) is 11.9. The Hall–Kier alpha value is -1.35. The molecule has 1 heterocycles. The Bertz CT molecular complexity index is 552.